The highest BCUT2D eigenvalue weighted by Crippen LogP contribution is 2.18. The van der Waals surface area contributed by atoms with Gasteiger partial charge >= 0.3 is 6.61 Å². The van der Waals surface area contributed by atoms with E-state index in [1.165, 1.54) is 24.3 Å². The minimum Gasteiger partial charge on any atom is -0.497 e. The predicted molar refractivity (Wildman–Crippen MR) is 80.2 cm³/mol. The molecule has 0 saturated carbocycles. The van der Waals surface area contributed by atoms with Crippen molar-refractivity contribution in [2.45, 2.75) is 6.61 Å². The van der Waals surface area contributed by atoms with Crippen LogP contribution in [-0.2, 0) is 4.79 Å². The maximum absolute atomic E-state index is 12.0. The lowest BCUT2D eigenvalue weighted by atomic mass is 10.3. The van der Waals surface area contributed by atoms with Gasteiger partial charge in [-0.25, -0.2) is 0 Å². The van der Waals surface area contributed by atoms with Crippen LogP contribution in [-0.4, -0.2) is 26.2 Å². The van der Waals surface area contributed by atoms with Gasteiger partial charge in [0.2, 0.25) is 0 Å². The Kier molecular flexibility index (Phi) is 5.74. The van der Waals surface area contributed by atoms with Crippen molar-refractivity contribution in [3.05, 3.63) is 48.5 Å². The number of hydrogen-bond donors (Lipinski definition) is 1. The van der Waals surface area contributed by atoms with Gasteiger partial charge in [0.05, 0.1) is 7.11 Å². The molecule has 0 radical (unpaired) electrons. The third-order valence-electron chi connectivity index (χ3n) is 2.79. The highest BCUT2D eigenvalue weighted by atomic mass is 19.3. The second-order valence-corrected chi connectivity index (χ2v) is 4.42. The van der Waals surface area contributed by atoms with E-state index in [0.717, 1.165) is 0 Å². The second-order valence-electron chi connectivity index (χ2n) is 4.42. The molecule has 23 heavy (non-hydrogen) atoms. The van der Waals surface area contributed by atoms with Crippen LogP contribution < -0.4 is 19.5 Å². The van der Waals surface area contributed by atoms with E-state index in [0.29, 0.717) is 17.2 Å². The Morgan fingerprint density at radius 1 is 1.00 bits per heavy atom. The molecular weight excluding hydrogens is 308 g/mol. The molecule has 2 rings (SSSR count). The summed E-state index contributed by atoms with van der Waals surface area (Å²) in [5.74, 6) is 0.866. The molecule has 0 aliphatic rings. The molecule has 0 unspecified atom stereocenters. The highest BCUT2D eigenvalue weighted by molar-refractivity contribution is 5.91. The van der Waals surface area contributed by atoms with Crippen molar-refractivity contribution < 1.29 is 27.8 Å². The number of carbonyl (C=O) groups is 1. The summed E-state index contributed by atoms with van der Waals surface area (Å²) in [6, 6.07) is 12.4. The van der Waals surface area contributed by atoms with Gasteiger partial charge in [0.25, 0.3) is 5.91 Å². The van der Waals surface area contributed by atoms with Crippen molar-refractivity contribution >= 4 is 11.6 Å². The van der Waals surface area contributed by atoms with Crippen molar-refractivity contribution in [3.63, 3.8) is 0 Å². The molecule has 1 amide bonds. The number of halogens is 2. The SMILES string of the molecule is COc1ccc(OCC(=O)Nc2ccc(OC(F)F)cc2)cc1. The van der Waals surface area contributed by atoms with Crippen molar-refractivity contribution in [1.82, 2.24) is 0 Å². The molecule has 0 aromatic heterocycles. The van der Waals surface area contributed by atoms with Crippen molar-refractivity contribution in [2.24, 2.45) is 0 Å². The number of benzene rings is 2. The maximum atomic E-state index is 12.0. The number of amides is 1. The van der Waals surface area contributed by atoms with Gasteiger partial charge in [0, 0.05) is 5.69 Å². The van der Waals surface area contributed by atoms with Crippen LogP contribution >= 0.6 is 0 Å². The van der Waals surface area contributed by atoms with Crippen molar-refractivity contribution in [1.29, 1.82) is 0 Å². The van der Waals surface area contributed by atoms with Gasteiger partial charge < -0.3 is 19.5 Å². The molecule has 1 N–H and O–H groups in total. The average Bonchev–Trinajstić information content (AvgIpc) is 2.55. The normalized spacial score (nSPS) is 10.3. The third kappa shape index (κ3) is 5.46. The zero-order valence-electron chi connectivity index (χ0n) is 12.3. The maximum Gasteiger partial charge on any atom is 0.387 e. The van der Waals surface area contributed by atoms with Crippen LogP contribution in [0.1, 0.15) is 0 Å². The number of alkyl halides is 2. The standard InChI is InChI=1S/C16H15F2NO4/c1-21-12-6-8-13(9-7-12)22-10-15(20)19-11-2-4-14(5-3-11)23-16(17)18/h2-9,16H,10H2,1H3,(H,19,20). The molecule has 0 aliphatic carbocycles. The van der Waals surface area contributed by atoms with Crippen molar-refractivity contribution in [3.8, 4) is 17.2 Å². The van der Waals surface area contributed by atoms with Gasteiger partial charge in [0.15, 0.2) is 6.61 Å². The number of rotatable bonds is 7. The summed E-state index contributed by atoms with van der Waals surface area (Å²) in [5, 5.41) is 2.58. The molecule has 0 fully saturated rings. The molecule has 0 heterocycles. The van der Waals surface area contributed by atoms with E-state index in [1.54, 1.807) is 31.4 Å². The molecule has 7 heteroatoms. The van der Waals surface area contributed by atoms with Crippen LogP contribution in [0, 0.1) is 0 Å². The van der Waals surface area contributed by atoms with E-state index >= 15 is 0 Å². The summed E-state index contributed by atoms with van der Waals surface area (Å²) in [4.78, 5) is 11.8. The van der Waals surface area contributed by atoms with E-state index in [4.69, 9.17) is 9.47 Å². The van der Waals surface area contributed by atoms with Gasteiger partial charge in [-0.3, -0.25) is 4.79 Å². The van der Waals surface area contributed by atoms with Gasteiger partial charge in [0.1, 0.15) is 17.2 Å². The first-order chi connectivity index (χ1) is 11.1. The van der Waals surface area contributed by atoms with Gasteiger partial charge in [-0.2, -0.15) is 8.78 Å². The van der Waals surface area contributed by atoms with Crippen LogP contribution in [0.3, 0.4) is 0 Å². The molecule has 5 nitrogen and oxygen atoms in total. The lowest BCUT2D eigenvalue weighted by Gasteiger charge is -2.09. The molecule has 0 atom stereocenters. The highest BCUT2D eigenvalue weighted by Gasteiger charge is 2.06. The fourth-order valence-corrected chi connectivity index (χ4v) is 1.74. The molecule has 0 saturated heterocycles. The lowest BCUT2D eigenvalue weighted by Crippen LogP contribution is -2.20. The number of methoxy groups -OCH3 is 1. The minimum absolute atomic E-state index is 0.0208. The summed E-state index contributed by atoms with van der Waals surface area (Å²) >= 11 is 0. The second kappa shape index (κ2) is 7.98. The summed E-state index contributed by atoms with van der Waals surface area (Å²) in [6.07, 6.45) is 0. The summed E-state index contributed by atoms with van der Waals surface area (Å²) in [7, 11) is 1.56. The summed E-state index contributed by atoms with van der Waals surface area (Å²) in [5.41, 5.74) is 0.454. The Hall–Kier alpha value is -2.83. The number of anilines is 1. The third-order valence-corrected chi connectivity index (χ3v) is 2.79. The molecule has 0 spiro atoms. The number of nitrogens with one attached hydrogen (secondary N) is 1. The lowest BCUT2D eigenvalue weighted by molar-refractivity contribution is -0.118. The zero-order chi connectivity index (χ0) is 16.7. The summed E-state index contributed by atoms with van der Waals surface area (Å²) < 4.78 is 38.6. The van der Waals surface area contributed by atoms with E-state index < -0.39 is 6.61 Å². The predicted octanol–water partition coefficient (Wildman–Crippen LogP) is 3.31. The molecule has 2 aromatic rings. The fraction of sp³-hybridized carbons (Fsp3) is 0.188. The Morgan fingerprint density at radius 3 is 2.13 bits per heavy atom. The van der Waals surface area contributed by atoms with Gasteiger partial charge in [-0.1, -0.05) is 0 Å². The quantitative estimate of drug-likeness (QED) is 0.849. The zero-order valence-corrected chi connectivity index (χ0v) is 12.3. The molecule has 0 aliphatic heterocycles. The van der Waals surface area contributed by atoms with Crippen LogP contribution in [0.2, 0.25) is 0 Å². The smallest absolute Gasteiger partial charge is 0.387 e. The largest absolute Gasteiger partial charge is 0.497 e. The Balaban J connectivity index is 1.81. The molecular formula is C16H15F2NO4. The first-order valence-electron chi connectivity index (χ1n) is 6.68. The van der Waals surface area contributed by atoms with Crippen LogP contribution in [0.4, 0.5) is 14.5 Å². The van der Waals surface area contributed by atoms with E-state index in [2.05, 4.69) is 10.1 Å². The molecule has 0 bridgehead atoms. The van der Waals surface area contributed by atoms with E-state index in [1.807, 2.05) is 0 Å². The first kappa shape index (κ1) is 16.5. The van der Waals surface area contributed by atoms with Crippen LogP contribution in [0.15, 0.2) is 48.5 Å². The first-order valence-corrected chi connectivity index (χ1v) is 6.68. The minimum atomic E-state index is -2.88. The summed E-state index contributed by atoms with van der Waals surface area (Å²) in [6.45, 7) is -3.06. The number of hydrogen-bond acceptors (Lipinski definition) is 4. The number of carbonyl (C=O) groups excluding carboxylic acids is 1. The van der Waals surface area contributed by atoms with Gasteiger partial charge in [-0.05, 0) is 48.5 Å². The Morgan fingerprint density at radius 2 is 1.57 bits per heavy atom. The fourth-order valence-electron chi connectivity index (χ4n) is 1.74. The van der Waals surface area contributed by atoms with Gasteiger partial charge in [-0.15, -0.1) is 0 Å². The molecule has 2 aromatic carbocycles. The monoisotopic (exact) mass is 323 g/mol. The Bertz CT molecular complexity index is 630. The topological polar surface area (TPSA) is 56.8 Å². The van der Waals surface area contributed by atoms with Crippen molar-refractivity contribution in [2.75, 3.05) is 19.0 Å². The molecule has 122 valence electrons. The van der Waals surface area contributed by atoms with E-state index in [9.17, 15) is 13.6 Å². The Labute approximate surface area is 131 Å². The van der Waals surface area contributed by atoms with E-state index in [-0.39, 0.29) is 18.3 Å². The number of ether oxygens (including phenoxy) is 3. The van der Waals surface area contributed by atoms with Crippen LogP contribution in [0.5, 0.6) is 17.2 Å². The van der Waals surface area contributed by atoms with Crippen LogP contribution in [0.25, 0.3) is 0 Å². The average molecular weight is 323 g/mol.